The standard InChI is InChI=1S/C18H29NO/c1-14-5-7-16(8-6-14)17(13-19(3)4)18(20)11-9-15(2)10-12-18/h5-8,15,17,20H,9-13H2,1-4H3/i9D2,10D2,11D2,12D2,15D,17D. The van der Waals surface area contributed by atoms with Gasteiger partial charge in [0.1, 0.15) is 0 Å². The van der Waals surface area contributed by atoms with Crippen LogP contribution in [0.1, 0.15) is 63.1 Å². The molecule has 0 radical (unpaired) electrons. The second-order valence-electron chi connectivity index (χ2n) is 5.42. The third kappa shape index (κ3) is 3.62. The van der Waals surface area contributed by atoms with Crippen LogP contribution in [0.2, 0.25) is 0 Å². The molecule has 2 rings (SSSR count). The van der Waals surface area contributed by atoms with Crippen LogP contribution >= 0.6 is 0 Å². The van der Waals surface area contributed by atoms with E-state index in [1.54, 1.807) is 19.1 Å². The van der Waals surface area contributed by atoms with Crippen LogP contribution < -0.4 is 0 Å². The van der Waals surface area contributed by atoms with Gasteiger partial charge >= 0.3 is 0 Å². The summed E-state index contributed by atoms with van der Waals surface area (Å²) in [5.41, 5.74) is -2.69. The van der Waals surface area contributed by atoms with Gasteiger partial charge in [0.2, 0.25) is 0 Å². The Labute approximate surface area is 137 Å². The lowest BCUT2D eigenvalue weighted by Gasteiger charge is -2.42. The van der Waals surface area contributed by atoms with Gasteiger partial charge in [-0.1, -0.05) is 36.8 Å². The zero-order valence-corrected chi connectivity index (χ0v) is 12.4. The molecule has 1 N–H and O–H groups in total. The van der Waals surface area contributed by atoms with Gasteiger partial charge in [-0.15, -0.1) is 0 Å². The first-order valence-corrected chi connectivity index (χ1v) is 6.61. The van der Waals surface area contributed by atoms with Gasteiger partial charge in [0.15, 0.2) is 0 Å². The van der Waals surface area contributed by atoms with Crippen molar-refractivity contribution >= 4 is 0 Å². The van der Waals surface area contributed by atoms with Gasteiger partial charge < -0.3 is 10.0 Å². The third-order valence-electron chi connectivity index (χ3n) is 3.17. The van der Waals surface area contributed by atoms with Crippen LogP contribution in [0.4, 0.5) is 0 Å². The van der Waals surface area contributed by atoms with Gasteiger partial charge in [0.25, 0.3) is 0 Å². The minimum absolute atomic E-state index is 0.0113. The molecule has 0 aliphatic heterocycles. The van der Waals surface area contributed by atoms with E-state index >= 15 is 0 Å². The number of aryl methyl sites for hydroxylation is 1. The summed E-state index contributed by atoms with van der Waals surface area (Å²) < 4.78 is 84.9. The monoisotopic (exact) mass is 285 g/mol. The molecule has 1 aromatic rings. The molecule has 1 atom stereocenters. The van der Waals surface area contributed by atoms with Crippen molar-refractivity contribution in [3.63, 3.8) is 0 Å². The molecule has 0 spiro atoms. The number of nitrogens with zero attached hydrogens (tertiary/aromatic N) is 1. The third-order valence-corrected chi connectivity index (χ3v) is 3.17. The largest absolute Gasteiger partial charge is 0.389 e. The minimum Gasteiger partial charge on any atom is -0.389 e. The van der Waals surface area contributed by atoms with Crippen LogP contribution in [0.25, 0.3) is 0 Å². The number of hydrogen-bond acceptors (Lipinski definition) is 2. The molecule has 1 aromatic carbocycles. The zero-order chi connectivity index (χ0) is 23.8. The van der Waals surface area contributed by atoms with Crippen LogP contribution in [0.5, 0.6) is 0 Å². The Kier molecular flexibility index (Phi) is 2.18. The highest BCUT2D eigenvalue weighted by molar-refractivity contribution is 5.27. The van der Waals surface area contributed by atoms with Gasteiger partial charge in [0, 0.05) is 26.1 Å². The van der Waals surface area contributed by atoms with Crippen LogP contribution in [-0.4, -0.2) is 36.2 Å². The van der Waals surface area contributed by atoms with E-state index in [9.17, 15) is 6.48 Å². The predicted octanol–water partition coefficient (Wildman–Crippen LogP) is 3.58. The summed E-state index contributed by atoms with van der Waals surface area (Å²) in [5, 5.41) is 11.8. The van der Waals surface area contributed by atoms with E-state index in [1.165, 1.54) is 31.1 Å². The molecule has 1 aliphatic carbocycles. The molecule has 1 aliphatic rings. The Bertz CT molecular complexity index is 776. The average Bonchev–Trinajstić information content (AvgIpc) is 2.58. The maximum Gasteiger partial charge on any atom is 0.0728 e. The topological polar surface area (TPSA) is 23.5 Å². The first kappa shape index (κ1) is 6.93. The van der Waals surface area contributed by atoms with Crippen molar-refractivity contribution in [2.45, 2.75) is 50.8 Å². The maximum absolute atomic E-state index is 11.8. The van der Waals surface area contributed by atoms with Gasteiger partial charge in [-0.3, -0.25) is 0 Å². The molecule has 0 heterocycles. The van der Waals surface area contributed by atoms with Crippen molar-refractivity contribution in [1.29, 1.82) is 0 Å². The molecule has 20 heavy (non-hydrogen) atoms. The summed E-state index contributed by atoms with van der Waals surface area (Å²) in [7, 11) is 3.07. The van der Waals surface area contributed by atoms with E-state index in [0.29, 0.717) is 0 Å². The number of likely N-dealkylation sites (N-methyl/N-ethyl adjacent to an activating group) is 1. The fourth-order valence-electron chi connectivity index (χ4n) is 2.07. The van der Waals surface area contributed by atoms with Gasteiger partial charge in [-0.05, 0) is 58.0 Å². The van der Waals surface area contributed by atoms with Crippen molar-refractivity contribution < 1.29 is 18.8 Å². The fraction of sp³-hybridized carbons (Fsp3) is 0.667. The van der Waals surface area contributed by atoms with Crippen molar-refractivity contribution in [1.82, 2.24) is 4.90 Å². The molecule has 0 bridgehead atoms. The smallest absolute Gasteiger partial charge is 0.0728 e. The van der Waals surface area contributed by atoms with Crippen molar-refractivity contribution in [2.24, 2.45) is 5.89 Å². The first-order chi connectivity index (χ1) is 13.2. The van der Waals surface area contributed by atoms with Crippen LogP contribution in [0.15, 0.2) is 24.3 Å². The molecule has 1 fully saturated rings. The fourth-order valence-corrected chi connectivity index (χ4v) is 2.07. The SMILES string of the molecule is [2H]C(CN(C)C)(c1ccc(C)cc1)C1(O)C([2H])([2H])C([2H])([2H])C([2H])(C)C([2H])([2H])C1([2H])[2H]. The molecular weight excluding hydrogens is 246 g/mol. The molecule has 0 amide bonds. The Morgan fingerprint density at radius 3 is 2.45 bits per heavy atom. The lowest BCUT2D eigenvalue weighted by molar-refractivity contribution is -0.0371. The summed E-state index contributed by atoms with van der Waals surface area (Å²) in [6, 6.07) is 6.05. The zero-order valence-electron chi connectivity index (χ0n) is 22.4. The Morgan fingerprint density at radius 1 is 1.40 bits per heavy atom. The second-order valence-corrected chi connectivity index (χ2v) is 5.42. The number of rotatable bonds is 4. The summed E-state index contributed by atoms with van der Waals surface area (Å²) in [4.78, 5) is 1.43. The first-order valence-electron chi connectivity index (χ1n) is 11.6. The molecule has 1 unspecified atom stereocenters. The normalized spacial score (nSPS) is 51.3. The quantitative estimate of drug-likeness (QED) is 0.914. The molecule has 2 heteroatoms. The Balaban J connectivity index is 3.01. The Morgan fingerprint density at radius 2 is 1.95 bits per heavy atom. The summed E-state index contributed by atoms with van der Waals surface area (Å²) in [5.74, 6) is -5.42. The summed E-state index contributed by atoms with van der Waals surface area (Å²) >= 11 is 0. The molecule has 0 aromatic heterocycles. The molecule has 0 saturated heterocycles. The highest BCUT2D eigenvalue weighted by Crippen LogP contribution is 2.42. The molecular formula is C18H29NO. The molecule has 1 saturated carbocycles. The van der Waals surface area contributed by atoms with E-state index < -0.39 is 49.4 Å². The van der Waals surface area contributed by atoms with Crippen molar-refractivity contribution in [3.05, 3.63) is 35.4 Å². The summed E-state index contributed by atoms with van der Waals surface area (Å²) in [6.07, 6.45) is -13.7. The van der Waals surface area contributed by atoms with Crippen molar-refractivity contribution in [2.75, 3.05) is 20.6 Å². The lowest BCUT2D eigenvalue weighted by Crippen LogP contribution is -2.44. The van der Waals surface area contributed by atoms with Crippen LogP contribution in [-0.2, 0) is 0 Å². The van der Waals surface area contributed by atoms with Crippen molar-refractivity contribution in [3.8, 4) is 0 Å². The van der Waals surface area contributed by atoms with Gasteiger partial charge in [-0.2, -0.15) is 0 Å². The van der Waals surface area contributed by atoms with Crippen LogP contribution in [0, 0.1) is 12.8 Å². The van der Waals surface area contributed by atoms with Gasteiger partial charge in [0.05, 0.1) is 5.60 Å². The van der Waals surface area contributed by atoms with E-state index in [2.05, 4.69) is 0 Å². The Hall–Kier alpha value is -0.860. The van der Waals surface area contributed by atoms with E-state index in [-0.39, 0.29) is 5.56 Å². The highest BCUT2D eigenvalue weighted by Gasteiger charge is 2.40. The van der Waals surface area contributed by atoms with Gasteiger partial charge in [-0.25, -0.2) is 0 Å². The second kappa shape index (κ2) is 6.28. The van der Waals surface area contributed by atoms with Crippen LogP contribution in [0.3, 0.4) is 0 Å². The van der Waals surface area contributed by atoms with E-state index in [4.69, 9.17) is 12.3 Å². The average molecular weight is 285 g/mol. The van der Waals surface area contributed by atoms with E-state index in [1.807, 2.05) is 0 Å². The molecule has 112 valence electrons. The predicted molar refractivity (Wildman–Crippen MR) is 85.1 cm³/mol. The summed E-state index contributed by atoms with van der Waals surface area (Å²) in [6.45, 7) is 2.14. The molecule has 2 nitrogen and oxygen atoms in total. The maximum atomic E-state index is 11.8. The number of benzene rings is 1. The van der Waals surface area contributed by atoms with E-state index in [0.717, 1.165) is 12.5 Å². The lowest BCUT2D eigenvalue weighted by atomic mass is 9.70. The number of hydrogen-bond donors (Lipinski definition) is 1. The highest BCUT2D eigenvalue weighted by atomic mass is 16.3. The minimum atomic E-state index is -3.51. The number of aliphatic hydroxyl groups is 1.